The summed E-state index contributed by atoms with van der Waals surface area (Å²) < 4.78 is 6.51. The molecule has 1 spiro atoms. The average molecular weight is 358 g/mol. The first-order chi connectivity index (χ1) is 12.1. The van der Waals surface area contributed by atoms with Crippen LogP contribution in [0, 0.1) is 28.6 Å². The molecule has 4 heteroatoms. The standard InChI is InChI=1S/C22H30O4/c1-12-9-17-16-6-5-14-10-15(24)7-8-19(14,3)22(16)18(26-22)11-20(17,4)21(12,25)13(2)23/h5,12,16-18,25H,6-11H2,1-4H3/t12?,16-,17-,18?,19-,20-,21-,22-/m0/s1. The monoisotopic (exact) mass is 358 g/mol. The van der Waals surface area contributed by atoms with Crippen LogP contribution in [0.5, 0.6) is 0 Å². The number of epoxide rings is 1. The number of allylic oxidation sites excluding steroid dienone is 1. The van der Waals surface area contributed by atoms with Crippen LogP contribution in [0.15, 0.2) is 11.6 Å². The van der Waals surface area contributed by atoms with Gasteiger partial charge in [0.05, 0.1) is 6.10 Å². The molecule has 0 bridgehead atoms. The van der Waals surface area contributed by atoms with Crippen LogP contribution in [0.1, 0.15) is 66.2 Å². The van der Waals surface area contributed by atoms with Gasteiger partial charge < -0.3 is 9.84 Å². The van der Waals surface area contributed by atoms with Crippen molar-refractivity contribution < 1.29 is 19.4 Å². The Kier molecular flexibility index (Phi) is 3.09. The van der Waals surface area contributed by atoms with E-state index in [0.717, 1.165) is 25.7 Å². The molecule has 1 aliphatic heterocycles. The van der Waals surface area contributed by atoms with Crippen LogP contribution in [0.2, 0.25) is 0 Å². The molecule has 8 atom stereocenters. The Morgan fingerprint density at radius 3 is 2.73 bits per heavy atom. The Balaban J connectivity index is 1.61. The summed E-state index contributed by atoms with van der Waals surface area (Å²) >= 11 is 0. The van der Waals surface area contributed by atoms with Crippen LogP contribution in [-0.4, -0.2) is 34.0 Å². The molecule has 0 aromatic carbocycles. The molecule has 1 heterocycles. The molecule has 4 aliphatic carbocycles. The topological polar surface area (TPSA) is 66.9 Å². The number of hydrogen-bond acceptors (Lipinski definition) is 4. The number of hydrogen-bond donors (Lipinski definition) is 1. The zero-order valence-corrected chi connectivity index (χ0v) is 16.3. The Morgan fingerprint density at radius 2 is 2.04 bits per heavy atom. The zero-order chi connectivity index (χ0) is 18.7. The number of Topliss-reactive ketones (excluding diaryl/α,β-unsaturated/α-hetero) is 2. The van der Waals surface area contributed by atoms with E-state index in [4.69, 9.17) is 4.74 Å². The molecular weight excluding hydrogens is 328 g/mol. The van der Waals surface area contributed by atoms with Crippen LogP contribution in [-0.2, 0) is 14.3 Å². The molecule has 1 saturated heterocycles. The Bertz CT molecular complexity index is 755. The van der Waals surface area contributed by atoms with Crippen molar-refractivity contribution in [1.29, 1.82) is 0 Å². The van der Waals surface area contributed by atoms with E-state index in [-0.39, 0.29) is 34.7 Å². The molecular formula is C22H30O4. The number of carbonyl (C=O) groups is 2. The van der Waals surface area contributed by atoms with Crippen LogP contribution in [0.3, 0.4) is 0 Å². The summed E-state index contributed by atoms with van der Waals surface area (Å²) in [6.45, 7) is 8.01. The Morgan fingerprint density at radius 1 is 1.31 bits per heavy atom. The van der Waals surface area contributed by atoms with E-state index in [1.807, 2.05) is 6.92 Å². The van der Waals surface area contributed by atoms with E-state index in [0.29, 0.717) is 24.5 Å². The first-order valence-electron chi connectivity index (χ1n) is 10.2. The lowest BCUT2D eigenvalue weighted by atomic mass is 9.46. The van der Waals surface area contributed by atoms with E-state index >= 15 is 0 Å². The second-order valence-corrected chi connectivity index (χ2v) is 10.2. The summed E-state index contributed by atoms with van der Waals surface area (Å²) in [6.07, 6.45) is 7.06. The lowest BCUT2D eigenvalue weighted by molar-refractivity contribution is -0.160. The molecule has 4 fully saturated rings. The minimum atomic E-state index is -1.25. The summed E-state index contributed by atoms with van der Waals surface area (Å²) in [6, 6.07) is 0. The first-order valence-corrected chi connectivity index (χ1v) is 10.2. The van der Waals surface area contributed by atoms with Crippen LogP contribution in [0.25, 0.3) is 0 Å². The van der Waals surface area contributed by atoms with Gasteiger partial charge in [-0.25, -0.2) is 0 Å². The zero-order valence-electron chi connectivity index (χ0n) is 16.3. The first kappa shape index (κ1) is 17.1. The second kappa shape index (κ2) is 4.70. The molecule has 142 valence electrons. The Labute approximate surface area is 155 Å². The summed E-state index contributed by atoms with van der Waals surface area (Å²) in [7, 11) is 0. The van der Waals surface area contributed by atoms with Gasteiger partial charge in [0.25, 0.3) is 0 Å². The van der Waals surface area contributed by atoms with Gasteiger partial charge in [-0.05, 0) is 50.4 Å². The highest BCUT2D eigenvalue weighted by Crippen LogP contribution is 2.76. The number of carbonyl (C=O) groups excluding carboxylic acids is 2. The van der Waals surface area contributed by atoms with Gasteiger partial charge in [0.1, 0.15) is 17.0 Å². The largest absolute Gasteiger partial charge is 0.381 e. The van der Waals surface area contributed by atoms with Crippen molar-refractivity contribution >= 4 is 11.6 Å². The number of rotatable bonds is 1. The second-order valence-electron chi connectivity index (χ2n) is 10.2. The van der Waals surface area contributed by atoms with Gasteiger partial charge in [-0.1, -0.05) is 32.4 Å². The average Bonchev–Trinajstić information content (AvgIpc) is 3.25. The maximum atomic E-state index is 12.5. The predicted octanol–water partition coefficient (Wildman–Crippen LogP) is 3.22. The van der Waals surface area contributed by atoms with Gasteiger partial charge in [0.15, 0.2) is 5.78 Å². The SMILES string of the molecule is CC(=O)[C@@]1(O)C(C)C[C@H]2[C@@H]3CC=C4CC(=O)CC[C@]4(C)[C@]34OC4C[C@@]21C. The summed E-state index contributed by atoms with van der Waals surface area (Å²) in [5.41, 5.74) is -0.619. The van der Waals surface area contributed by atoms with Gasteiger partial charge in [0, 0.05) is 23.7 Å². The van der Waals surface area contributed by atoms with Crippen molar-refractivity contribution in [3.05, 3.63) is 11.6 Å². The third kappa shape index (κ3) is 1.58. The quantitative estimate of drug-likeness (QED) is 0.577. The number of ether oxygens (including phenoxy) is 1. The molecule has 5 aliphatic rings. The fourth-order valence-corrected chi connectivity index (χ4v) is 8.02. The lowest BCUT2D eigenvalue weighted by Crippen LogP contribution is -2.61. The molecule has 0 radical (unpaired) electrons. The Hall–Kier alpha value is -1.00. The van der Waals surface area contributed by atoms with Gasteiger partial charge >= 0.3 is 0 Å². The summed E-state index contributed by atoms with van der Waals surface area (Å²) in [5, 5.41) is 11.5. The van der Waals surface area contributed by atoms with Crippen molar-refractivity contribution in [2.24, 2.45) is 28.6 Å². The molecule has 26 heavy (non-hydrogen) atoms. The third-order valence-corrected chi connectivity index (χ3v) is 9.43. The minimum Gasteiger partial charge on any atom is -0.381 e. The molecule has 0 aromatic heterocycles. The molecule has 2 unspecified atom stereocenters. The molecule has 5 rings (SSSR count). The van der Waals surface area contributed by atoms with E-state index < -0.39 is 11.0 Å². The van der Waals surface area contributed by atoms with Crippen LogP contribution >= 0.6 is 0 Å². The maximum Gasteiger partial charge on any atom is 0.162 e. The summed E-state index contributed by atoms with van der Waals surface area (Å²) in [4.78, 5) is 24.5. The van der Waals surface area contributed by atoms with Crippen molar-refractivity contribution in [1.82, 2.24) is 0 Å². The summed E-state index contributed by atoms with van der Waals surface area (Å²) in [5.74, 6) is 0.864. The van der Waals surface area contributed by atoms with Crippen LogP contribution in [0.4, 0.5) is 0 Å². The van der Waals surface area contributed by atoms with Crippen molar-refractivity contribution in [3.8, 4) is 0 Å². The minimum absolute atomic E-state index is 0.0179. The fraction of sp³-hybridized carbons (Fsp3) is 0.818. The predicted molar refractivity (Wildman–Crippen MR) is 96.4 cm³/mol. The highest BCUT2D eigenvalue weighted by Gasteiger charge is 2.81. The van der Waals surface area contributed by atoms with E-state index in [9.17, 15) is 14.7 Å². The van der Waals surface area contributed by atoms with Crippen LogP contribution < -0.4 is 0 Å². The van der Waals surface area contributed by atoms with E-state index in [2.05, 4.69) is 19.9 Å². The molecule has 0 aromatic rings. The third-order valence-electron chi connectivity index (χ3n) is 9.43. The molecule has 4 nitrogen and oxygen atoms in total. The molecule has 0 amide bonds. The number of aliphatic hydroxyl groups is 1. The lowest BCUT2D eigenvalue weighted by Gasteiger charge is -2.56. The van der Waals surface area contributed by atoms with Crippen molar-refractivity contribution in [3.63, 3.8) is 0 Å². The van der Waals surface area contributed by atoms with Gasteiger partial charge in [-0.3, -0.25) is 9.59 Å². The highest BCUT2D eigenvalue weighted by atomic mass is 16.6. The maximum absolute atomic E-state index is 12.5. The highest BCUT2D eigenvalue weighted by molar-refractivity contribution is 5.87. The smallest absolute Gasteiger partial charge is 0.162 e. The number of ketones is 2. The fourth-order valence-electron chi connectivity index (χ4n) is 8.02. The molecule has 3 saturated carbocycles. The number of fused-ring (bicyclic) bond motifs is 3. The van der Waals surface area contributed by atoms with Crippen molar-refractivity contribution in [2.45, 2.75) is 83.5 Å². The van der Waals surface area contributed by atoms with Gasteiger partial charge in [0.2, 0.25) is 0 Å². The van der Waals surface area contributed by atoms with Crippen molar-refractivity contribution in [2.75, 3.05) is 0 Å². The van der Waals surface area contributed by atoms with Gasteiger partial charge in [-0.15, -0.1) is 0 Å². The van der Waals surface area contributed by atoms with Gasteiger partial charge in [-0.2, -0.15) is 0 Å². The normalized spacial score (nSPS) is 57.4. The van der Waals surface area contributed by atoms with E-state index in [1.165, 1.54) is 5.57 Å². The molecule has 1 N–H and O–H groups in total. The van der Waals surface area contributed by atoms with E-state index in [1.54, 1.807) is 6.92 Å².